The summed E-state index contributed by atoms with van der Waals surface area (Å²) in [5.41, 5.74) is -0.304. The lowest BCUT2D eigenvalue weighted by Gasteiger charge is -2.29. The van der Waals surface area contributed by atoms with Crippen molar-refractivity contribution in [2.24, 2.45) is 0 Å². The smallest absolute Gasteiger partial charge is 0.271 e. The summed E-state index contributed by atoms with van der Waals surface area (Å²) in [6, 6.07) is 0.801. The highest BCUT2D eigenvalue weighted by Gasteiger charge is 2.19. The van der Waals surface area contributed by atoms with Crippen LogP contribution in [0.1, 0.15) is 19.8 Å². The second-order valence-corrected chi connectivity index (χ2v) is 4.49. The van der Waals surface area contributed by atoms with Crippen molar-refractivity contribution in [3.05, 3.63) is 21.7 Å². The lowest BCUT2D eigenvalue weighted by atomic mass is 10.0. The van der Waals surface area contributed by atoms with E-state index < -0.39 is 0 Å². The lowest BCUT2D eigenvalue weighted by molar-refractivity contribution is 0.396. The van der Waals surface area contributed by atoms with Gasteiger partial charge >= 0.3 is 0 Å². The van der Waals surface area contributed by atoms with Crippen LogP contribution < -0.4 is 16.2 Å². The molecule has 0 spiro atoms. The number of aromatic amines is 1. The van der Waals surface area contributed by atoms with Gasteiger partial charge in [0.1, 0.15) is 5.02 Å². The van der Waals surface area contributed by atoms with Gasteiger partial charge in [0.25, 0.3) is 5.56 Å². The molecule has 0 radical (unpaired) electrons. The molecule has 0 amide bonds. The first-order valence-electron chi connectivity index (χ1n) is 5.40. The summed E-state index contributed by atoms with van der Waals surface area (Å²) in [5.74, 6) is 0.476. The Morgan fingerprint density at radius 3 is 3.19 bits per heavy atom. The van der Waals surface area contributed by atoms with E-state index in [1.165, 1.54) is 6.33 Å². The Hall–Kier alpha value is -1.07. The third-order valence-electron chi connectivity index (χ3n) is 2.76. The van der Waals surface area contributed by atoms with E-state index in [2.05, 4.69) is 27.5 Å². The average Bonchev–Trinajstić information content (AvgIpc) is 2.25. The molecule has 1 aromatic rings. The van der Waals surface area contributed by atoms with Crippen LogP contribution in [0.3, 0.4) is 0 Å². The van der Waals surface area contributed by atoms with E-state index in [-0.39, 0.29) is 10.6 Å². The highest BCUT2D eigenvalue weighted by molar-refractivity contribution is 6.32. The third-order valence-corrected chi connectivity index (χ3v) is 3.11. The fourth-order valence-electron chi connectivity index (χ4n) is 1.94. The maximum Gasteiger partial charge on any atom is 0.271 e. The van der Waals surface area contributed by atoms with Crippen LogP contribution in [0.15, 0.2) is 11.1 Å². The number of nitrogens with zero attached hydrogens (tertiary/aromatic N) is 1. The monoisotopic (exact) mass is 242 g/mol. The van der Waals surface area contributed by atoms with Crippen LogP contribution >= 0.6 is 11.6 Å². The van der Waals surface area contributed by atoms with Crippen molar-refractivity contribution in [3.63, 3.8) is 0 Å². The Morgan fingerprint density at radius 1 is 1.62 bits per heavy atom. The summed E-state index contributed by atoms with van der Waals surface area (Å²) in [7, 11) is 0. The molecule has 88 valence electrons. The average molecular weight is 243 g/mol. The quantitative estimate of drug-likeness (QED) is 0.723. The van der Waals surface area contributed by atoms with Crippen LogP contribution in [0.4, 0.5) is 5.82 Å². The van der Waals surface area contributed by atoms with Crippen molar-refractivity contribution in [1.82, 2.24) is 15.3 Å². The van der Waals surface area contributed by atoms with E-state index in [0.29, 0.717) is 17.9 Å². The molecule has 16 heavy (non-hydrogen) atoms. The normalized spacial score (nSPS) is 25.4. The van der Waals surface area contributed by atoms with Crippen molar-refractivity contribution in [2.75, 3.05) is 11.9 Å². The van der Waals surface area contributed by atoms with Gasteiger partial charge in [-0.2, -0.15) is 0 Å². The molecule has 1 fully saturated rings. The topological polar surface area (TPSA) is 69.8 Å². The minimum Gasteiger partial charge on any atom is -0.366 e. The van der Waals surface area contributed by atoms with Crippen molar-refractivity contribution >= 4 is 17.4 Å². The van der Waals surface area contributed by atoms with Gasteiger partial charge in [0.15, 0.2) is 5.82 Å². The van der Waals surface area contributed by atoms with E-state index in [4.69, 9.17) is 11.6 Å². The minimum absolute atomic E-state index is 0.133. The van der Waals surface area contributed by atoms with Gasteiger partial charge in [0, 0.05) is 12.1 Å². The fourth-order valence-corrected chi connectivity index (χ4v) is 2.10. The van der Waals surface area contributed by atoms with Crippen LogP contribution in [0.2, 0.25) is 5.02 Å². The first-order valence-corrected chi connectivity index (χ1v) is 5.77. The van der Waals surface area contributed by atoms with Crippen LogP contribution in [0.25, 0.3) is 0 Å². The molecule has 0 aromatic carbocycles. The second-order valence-electron chi connectivity index (χ2n) is 4.12. The Balaban J connectivity index is 2.08. The van der Waals surface area contributed by atoms with Crippen LogP contribution in [-0.4, -0.2) is 28.6 Å². The molecule has 2 unspecified atom stereocenters. The summed E-state index contributed by atoms with van der Waals surface area (Å²) >= 11 is 5.86. The zero-order valence-corrected chi connectivity index (χ0v) is 9.84. The van der Waals surface area contributed by atoms with Crippen molar-refractivity contribution in [2.45, 2.75) is 31.8 Å². The Morgan fingerprint density at radius 2 is 2.44 bits per heavy atom. The van der Waals surface area contributed by atoms with Gasteiger partial charge in [0.05, 0.1) is 6.33 Å². The molecule has 1 aliphatic rings. The third kappa shape index (κ3) is 2.54. The largest absolute Gasteiger partial charge is 0.366 e. The van der Waals surface area contributed by atoms with E-state index in [1.54, 1.807) is 0 Å². The highest BCUT2D eigenvalue weighted by Crippen LogP contribution is 2.18. The van der Waals surface area contributed by atoms with Crippen LogP contribution in [0.5, 0.6) is 0 Å². The summed E-state index contributed by atoms with van der Waals surface area (Å²) < 4.78 is 0. The number of piperidine rings is 1. The molecule has 0 saturated carbocycles. The van der Waals surface area contributed by atoms with E-state index in [1.807, 2.05) is 0 Å². The maximum atomic E-state index is 11.3. The Labute approximate surface area is 98.6 Å². The van der Waals surface area contributed by atoms with Gasteiger partial charge < -0.3 is 15.6 Å². The van der Waals surface area contributed by atoms with E-state index in [0.717, 1.165) is 19.4 Å². The highest BCUT2D eigenvalue weighted by atomic mass is 35.5. The van der Waals surface area contributed by atoms with Crippen LogP contribution in [0, 0.1) is 0 Å². The fraction of sp³-hybridized carbons (Fsp3) is 0.600. The first-order chi connectivity index (χ1) is 7.66. The molecule has 1 aliphatic heterocycles. The molecule has 2 heterocycles. The number of halogens is 1. The first kappa shape index (κ1) is 11.4. The number of rotatable bonds is 2. The van der Waals surface area contributed by atoms with Gasteiger partial charge in [-0.15, -0.1) is 0 Å². The molecule has 0 aliphatic carbocycles. The zero-order valence-electron chi connectivity index (χ0n) is 9.09. The van der Waals surface area contributed by atoms with E-state index >= 15 is 0 Å². The number of hydrogen-bond donors (Lipinski definition) is 3. The van der Waals surface area contributed by atoms with Gasteiger partial charge in [-0.3, -0.25) is 4.79 Å². The van der Waals surface area contributed by atoms with Gasteiger partial charge in [0.2, 0.25) is 0 Å². The number of H-pyrrole nitrogens is 1. The SMILES string of the molecule is CC1CC(Nc2nc[nH]c(=O)c2Cl)CCN1. The van der Waals surface area contributed by atoms with Gasteiger partial charge in [-0.05, 0) is 26.3 Å². The molecule has 6 heteroatoms. The number of hydrogen-bond acceptors (Lipinski definition) is 4. The molecular weight excluding hydrogens is 228 g/mol. The summed E-state index contributed by atoms with van der Waals surface area (Å²) in [5, 5.41) is 6.71. The Bertz CT molecular complexity index is 420. The zero-order chi connectivity index (χ0) is 11.5. The lowest BCUT2D eigenvalue weighted by Crippen LogP contribution is -2.41. The number of aromatic nitrogens is 2. The molecule has 3 N–H and O–H groups in total. The van der Waals surface area contributed by atoms with Gasteiger partial charge in [-0.1, -0.05) is 11.6 Å². The summed E-state index contributed by atoms with van der Waals surface area (Å²) in [6.45, 7) is 3.11. The Kier molecular flexibility index (Phi) is 3.46. The minimum atomic E-state index is -0.304. The molecule has 5 nitrogen and oxygen atoms in total. The second kappa shape index (κ2) is 4.84. The molecule has 1 aromatic heterocycles. The van der Waals surface area contributed by atoms with Crippen LogP contribution in [-0.2, 0) is 0 Å². The predicted octanol–water partition coefficient (Wildman–Crippen LogP) is 0.976. The maximum absolute atomic E-state index is 11.3. The molecule has 0 bridgehead atoms. The summed E-state index contributed by atoms with van der Waals surface area (Å²) in [6.07, 6.45) is 3.38. The standard InChI is InChI=1S/C10H15ClN4O/c1-6-4-7(2-3-12-6)15-9-8(11)10(16)14-5-13-9/h5-7,12H,2-4H2,1H3,(H2,13,14,15,16). The van der Waals surface area contributed by atoms with E-state index in [9.17, 15) is 4.79 Å². The van der Waals surface area contributed by atoms with Crippen molar-refractivity contribution in [3.8, 4) is 0 Å². The molecule has 2 atom stereocenters. The van der Waals surface area contributed by atoms with Crippen molar-refractivity contribution < 1.29 is 0 Å². The summed E-state index contributed by atoms with van der Waals surface area (Å²) in [4.78, 5) is 17.7. The number of anilines is 1. The van der Waals surface area contributed by atoms with Crippen molar-refractivity contribution in [1.29, 1.82) is 0 Å². The molecule has 2 rings (SSSR count). The predicted molar refractivity (Wildman–Crippen MR) is 64.0 cm³/mol. The number of nitrogens with one attached hydrogen (secondary N) is 3. The molecule has 1 saturated heterocycles. The molecular formula is C10H15ClN4O. The van der Waals surface area contributed by atoms with Gasteiger partial charge in [-0.25, -0.2) is 4.98 Å².